The molecule has 80 valence electrons. The van der Waals surface area contributed by atoms with Crippen molar-refractivity contribution < 1.29 is 4.79 Å². The third kappa shape index (κ3) is 2.38. The molecule has 0 aliphatic carbocycles. The standard InChI is InChI=1S/C11H15N3O/c1-8(2)9(7-12)11(15)14(3)10-5-4-6-13-10/h4-6,8-9,13H,1-3H3. The van der Waals surface area contributed by atoms with Crippen molar-refractivity contribution in [2.45, 2.75) is 13.8 Å². The minimum atomic E-state index is -0.585. The molecular weight excluding hydrogens is 190 g/mol. The highest BCUT2D eigenvalue weighted by Gasteiger charge is 2.25. The van der Waals surface area contributed by atoms with Crippen molar-refractivity contribution in [1.29, 1.82) is 5.26 Å². The van der Waals surface area contributed by atoms with E-state index >= 15 is 0 Å². The number of rotatable bonds is 3. The molecule has 1 N–H and O–H groups in total. The maximum atomic E-state index is 11.9. The van der Waals surface area contributed by atoms with Crippen LogP contribution in [-0.4, -0.2) is 17.9 Å². The Balaban J connectivity index is 2.81. The average molecular weight is 205 g/mol. The van der Waals surface area contributed by atoms with Crippen LogP contribution in [0.3, 0.4) is 0 Å². The number of aromatic nitrogens is 1. The van der Waals surface area contributed by atoms with Gasteiger partial charge in [0.15, 0.2) is 0 Å². The second-order valence-corrected chi connectivity index (χ2v) is 3.80. The van der Waals surface area contributed by atoms with Crippen LogP contribution in [-0.2, 0) is 4.79 Å². The fraction of sp³-hybridized carbons (Fsp3) is 0.455. The summed E-state index contributed by atoms with van der Waals surface area (Å²) in [4.78, 5) is 16.3. The van der Waals surface area contributed by atoms with Crippen LogP contribution in [0.15, 0.2) is 18.3 Å². The van der Waals surface area contributed by atoms with Gasteiger partial charge in [0.1, 0.15) is 11.7 Å². The van der Waals surface area contributed by atoms with E-state index in [1.165, 1.54) is 4.90 Å². The van der Waals surface area contributed by atoms with Gasteiger partial charge in [-0.2, -0.15) is 5.26 Å². The molecule has 0 aromatic carbocycles. The number of carbonyl (C=O) groups is 1. The number of hydrogen-bond acceptors (Lipinski definition) is 2. The first-order valence-electron chi connectivity index (χ1n) is 4.88. The van der Waals surface area contributed by atoms with Crippen molar-refractivity contribution >= 4 is 11.7 Å². The second kappa shape index (κ2) is 4.65. The summed E-state index contributed by atoms with van der Waals surface area (Å²) >= 11 is 0. The van der Waals surface area contributed by atoms with Crippen LogP contribution in [0.2, 0.25) is 0 Å². The molecule has 15 heavy (non-hydrogen) atoms. The molecule has 0 spiro atoms. The van der Waals surface area contributed by atoms with E-state index in [0.717, 1.165) is 0 Å². The Kier molecular flexibility index (Phi) is 3.51. The van der Waals surface area contributed by atoms with Crippen molar-refractivity contribution in [3.8, 4) is 6.07 Å². The summed E-state index contributed by atoms with van der Waals surface area (Å²) in [6, 6.07) is 5.65. The summed E-state index contributed by atoms with van der Waals surface area (Å²) in [6.45, 7) is 3.74. The average Bonchev–Trinajstić information content (AvgIpc) is 2.69. The summed E-state index contributed by atoms with van der Waals surface area (Å²) < 4.78 is 0. The van der Waals surface area contributed by atoms with E-state index in [1.807, 2.05) is 26.0 Å². The van der Waals surface area contributed by atoms with Gasteiger partial charge in [0, 0.05) is 13.2 Å². The van der Waals surface area contributed by atoms with Crippen LogP contribution < -0.4 is 4.90 Å². The van der Waals surface area contributed by atoms with Gasteiger partial charge in [0.2, 0.25) is 5.91 Å². The van der Waals surface area contributed by atoms with E-state index < -0.39 is 5.92 Å². The van der Waals surface area contributed by atoms with Crippen molar-refractivity contribution in [3.05, 3.63) is 18.3 Å². The van der Waals surface area contributed by atoms with Gasteiger partial charge in [0.05, 0.1) is 6.07 Å². The summed E-state index contributed by atoms with van der Waals surface area (Å²) in [6.07, 6.45) is 1.75. The summed E-state index contributed by atoms with van der Waals surface area (Å²) in [7, 11) is 1.67. The molecule has 0 saturated heterocycles. The highest BCUT2D eigenvalue weighted by molar-refractivity contribution is 5.95. The van der Waals surface area contributed by atoms with Crippen LogP contribution >= 0.6 is 0 Å². The SMILES string of the molecule is CC(C)C(C#N)C(=O)N(C)c1ccc[nH]1. The fourth-order valence-corrected chi connectivity index (χ4v) is 1.35. The van der Waals surface area contributed by atoms with Gasteiger partial charge in [0.25, 0.3) is 0 Å². The van der Waals surface area contributed by atoms with Crippen LogP contribution in [0.5, 0.6) is 0 Å². The smallest absolute Gasteiger partial charge is 0.245 e. The predicted octanol–water partition coefficient (Wildman–Crippen LogP) is 1.77. The molecule has 0 radical (unpaired) electrons. The Morgan fingerprint density at radius 1 is 1.60 bits per heavy atom. The van der Waals surface area contributed by atoms with Crippen molar-refractivity contribution in [2.24, 2.45) is 11.8 Å². The van der Waals surface area contributed by atoms with Gasteiger partial charge in [-0.1, -0.05) is 13.8 Å². The van der Waals surface area contributed by atoms with Crippen molar-refractivity contribution in [1.82, 2.24) is 4.98 Å². The number of carbonyl (C=O) groups excluding carboxylic acids is 1. The summed E-state index contributed by atoms with van der Waals surface area (Å²) in [5, 5.41) is 8.91. The lowest BCUT2D eigenvalue weighted by molar-refractivity contribution is -0.121. The van der Waals surface area contributed by atoms with Gasteiger partial charge < -0.3 is 9.88 Å². The Labute approximate surface area is 89.5 Å². The number of nitriles is 1. The second-order valence-electron chi connectivity index (χ2n) is 3.80. The maximum Gasteiger partial charge on any atom is 0.245 e. The lowest BCUT2D eigenvalue weighted by Crippen LogP contribution is -2.34. The zero-order valence-corrected chi connectivity index (χ0v) is 9.19. The molecule has 1 aromatic heterocycles. The third-order valence-corrected chi connectivity index (χ3v) is 2.35. The topological polar surface area (TPSA) is 59.9 Å². The molecule has 1 heterocycles. The molecule has 4 nitrogen and oxygen atoms in total. The van der Waals surface area contributed by atoms with Gasteiger partial charge in [-0.3, -0.25) is 4.79 Å². The van der Waals surface area contributed by atoms with E-state index in [9.17, 15) is 4.79 Å². The zero-order chi connectivity index (χ0) is 11.4. The maximum absolute atomic E-state index is 11.9. The number of H-pyrrole nitrogens is 1. The van der Waals surface area contributed by atoms with Crippen LogP contribution in [0.4, 0.5) is 5.82 Å². The van der Waals surface area contributed by atoms with E-state index in [0.29, 0.717) is 5.82 Å². The highest BCUT2D eigenvalue weighted by atomic mass is 16.2. The van der Waals surface area contributed by atoms with Gasteiger partial charge >= 0.3 is 0 Å². The minimum absolute atomic E-state index is 0.0277. The molecule has 1 atom stereocenters. The first kappa shape index (κ1) is 11.3. The lowest BCUT2D eigenvalue weighted by Gasteiger charge is -2.20. The van der Waals surface area contributed by atoms with Crippen LogP contribution in [0.25, 0.3) is 0 Å². The van der Waals surface area contributed by atoms with E-state index in [4.69, 9.17) is 5.26 Å². The normalized spacial score (nSPS) is 12.2. The van der Waals surface area contributed by atoms with Crippen LogP contribution in [0, 0.1) is 23.2 Å². The Morgan fingerprint density at radius 3 is 2.67 bits per heavy atom. The predicted molar refractivity (Wildman–Crippen MR) is 58.1 cm³/mol. The lowest BCUT2D eigenvalue weighted by atomic mass is 9.96. The first-order chi connectivity index (χ1) is 7.07. The molecule has 1 amide bonds. The molecule has 1 unspecified atom stereocenters. The minimum Gasteiger partial charge on any atom is -0.348 e. The number of aromatic amines is 1. The molecule has 0 bridgehead atoms. The number of nitrogens with zero attached hydrogens (tertiary/aromatic N) is 2. The number of hydrogen-bond donors (Lipinski definition) is 1. The quantitative estimate of drug-likeness (QED) is 0.817. The third-order valence-electron chi connectivity index (χ3n) is 2.35. The highest BCUT2D eigenvalue weighted by Crippen LogP contribution is 2.16. The largest absolute Gasteiger partial charge is 0.348 e. The molecule has 4 heteroatoms. The molecule has 0 aliphatic rings. The van der Waals surface area contributed by atoms with Gasteiger partial charge in [-0.15, -0.1) is 0 Å². The Bertz CT molecular complexity index is 362. The van der Waals surface area contributed by atoms with Crippen molar-refractivity contribution in [3.63, 3.8) is 0 Å². The molecule has 1 rings (SSSR count). The Morgan fingerprint density at radius 2 is 2.27 bits per heavy atom. The van der Waals surface area contributed by atoms with Crippen LogP contribution in [0.1, 0.15) is 13.8 Å². The van der Waals surface area contributed by atoms with E-state index in [1.54, 1.807) is 19.3 Å². The van der Waals surface area contributed by atoms with E-state index in [-0.39, 0.29) is 11.8 Å². The summed E-state index contributed by atoms with van der Waals surface area (Å²) in [5.41, 5.74) is 0. The van der Waals surface area contributed by atoms with Crippen molar-refractivity contribution in [2.75, 3.05) is 11.9 Å². The Hall–Kier alpha value is -1.76. The van der Waals surface area contributed by atoms with Gasteiger partial charge in [-0.05, 0) is 18.1 Å². The molecule has 1 aromatic rings. The number of nitrogens with one attached hydrogen (secondary N) is 1. The monoisotopic (exact) mass is 205 g/mol. The molecule has 0 aliphatic heterocycles. The first-order valence-corrected chi connectivity index (χ1v) is 4.88. The van der Waals surface area contributed by atoms with E-state index in [2.05, 4.69) is 4.98 Å². The molecular formula is C11H15N3O. The molecule has 0 fully saturated rings. The zero-order valence-electron chi connectivity index (χ0n) is 9.19. The number of anilines is 1. The number of amides is 1. The molecule has 0 saturated carbocycles. The summed E-state index contributed by atoms with van der Waals surface area (Å²) in [5.74, 6) is -0.0194. The fourth-order valence-electron chi connectivity index (χ4n) is 1.35. The van der Waals surface area contributed by atoms with Gasteiger partial charge in [-0.25, -0.2) is 0 Å².